The van der Waals surface area contributed by atoms with Crippen molar-refractivity contribution in [2.45, 2.75) is 9.81 Å². The van der Waals surface area contributed by atoms with Crippen LogP contribution in [0, 0.1) is 0 Å². The zero-order valence-electron chi connectivity index (χ0n) is 10.9. The normalized spacial score (nSPS) is 35.1. The Morgan fingerprint density at radius 3 is 1.87 bits per heavy atom. The third-order valence-electron chi connectivity index (χ3n) is 3.57. The molecule has 2 aliphatic heterocycles. The molecule has 2 unspecified atom stereocenters. The maximum Gasteiger partial charge on any atom is -1.00 e. The quantitative estimate of drug-likeness (QED) is 0.563. The van der Waals surface area contributed by atoms with E-state index in [9.17, 15) is 0 Å². The van der Waals surface area contributed by atoms with E-state index in [4.69, 9.17) is 0 Å². The van der Waals surface area contributed by atoms with E-state index >= 15 is 0 Å². The molecule has 0 aromatic heterocycles. The first-order valence-corrected chi connectivity index (χ1v) is 7.27. The van der Waals surface area contributed by atoms with Crippen LogP contribution >= 0.6 is 0 Å². The van der Waals surface area contributed by atoms with Gasteiger partial charge in [-0.2, -0.15) is 0 Å². The standard InChI is InChI=1S/2C5H11N2.Al.H/c2*1-7-4-2-6-3-5-7;;/h2*4,6H,2-3,5H2,1H3;;/q;;+1;-1. The van der Waals surface area contributed by atoms with E-state index < -0.39 is 0 Å². The molecular weight excluding hydrogens is 203 g/mol. The van der Waals surface area contributed by atoms with E-state index in [0.29, 0.717) is 15.2 Å². The summed E-state index contributed by atoms with van der Waals surface area (Å²) in [5.41, 5.74) is 0. The van der Waals surface area contributed by atoms with Crippen LogP contribution in [-0.4, -0.2) is 88.2 Å². The molecule has 2 rings (SSSR count). The third kappa shape index (κ3) is 3.16. The molecule has 86 valence electrons. The Hall–Kier alpha value is 0.372. The second-order valence-electron chi connectivity index (χ2n) is 4.70. The van der Waals surface area contributed by atoms with Crippen molar-refractivity contribution in [1.82, 2.24) is 20.4 Å². The topological polar surface area (TPSA) is 30.5 Å². The molecule has 0 spiro atoms. The van der Waals surface area contributed by atoms with Gasteiger partial charge in [0.25, 0.3) is 0 Å². The van der Waals surface area contributed by atoms with Crippen molar-refractivity contribution < 1.29 is 1.43 Å². The molecule has 0 amide bonds. The largest absolute Gasteiger partial charge is 1.00 e. The Morgan fingerprint density at radius 1 is 1.00 bits per heavy atom. The maximum atomic E-state index is 3.51. The van der Waals surface area contributed by atoms with Crippen LogP contribution < -0.4 is 10.6 Å². The molecule has 15 heavy (non-hydrogen) atoms. The van der Waals surface area contributed by atoms with Gasteiger partial charge in [0, 0.05) is 0 Å². The fourth-order valence-electron chi connectivity index (χ4n) is 2.34. The van der Waals surface area contributed by atoms with Gasteiger partial charge in [0.05, 0.1) is 0 Å². The van der Waals surface area contributed by atoms with Crippen LogP contribution in [0.4, 0.5) is 0 Å². The summed E-state index contributed by atoms with van der Waals surface area (Å²) in [6.45, 7) is 7.12. The maximum absolute atomic E-state index is 3.51. The predicted octanol–water partition coefficient (Wildman–Crippen LogP) is -1.47. The van der Waals surface area contributed by atoms with Crippen molar-refractivity contribution in [2.75, 3.05) is 53.4 Å². The summed E-state index contributed by atoms with van der Waals surface area (Å²) in [6, 6.07) is 0. The molecule has 2 saturated heterocycles. The van der Waals surface area contributed by atoms with Crippen molar-refractivity contribution in [3.8, 4) is 0 Å². The number of rotatable bonds is 2. The van der Waals surface area contributed by atoms with Crippen molar-refractivity contribution in [3.05, 3.63) is 0 Å². The summed E-state index contributed by atoms with van der Waals surface area (Å²) in [4.78, 5) is 6.67. The minimum absolute atomic E-state index is 0. The van der Waals surface area contributed by atoms with E-state index in [2.05, 4.69) is 34.5 Å². The molecule has 2 N–H and O–H groups in total. The van der Waals surface area contributed by atoms with E-state index in [1.165, 1.54) is 26.2 Å². The van der Waals surface area contributed by atoms with Gasteiger partial charge in [-0.25, -0.2) is 0 Å². The Bertz CT molecular complexity index is 187. The molecule has 2 atom stereocenters. The van der Waals surface area contributed by atoms with Gasteiger partial charge in [0.15, 0.2) is 0 Å². The Kier molecular flexibility index (Phi) is 4.44. The summed E-state index contributed by atoms with van der Waals surface area (Å²) in [7, 11) is 4.55. The second kappa shape index (κ2) is 5.63. The Balaban J connectivity index is 0.00000128. The summed E-state index contributed by atoms with van der Waals surface area (Å²) in [5.74, 6) is 0. The summed E-state index contributed by atoms with van der Waals surface area (Å²) >= 11 is 0.485. The van der Waals surface area contributed by atoms with Crippen molar-refractivity contribution in [3.63, 3.8) is 0 Å². The fourth-order valence-corrected chi connectivity index (χ4v) is 4.34. The van der Waals surface area contributed by atoms with Gasteiger partial charge in [0.2, 0.25) is 0 Å². The van der Waals surface area contributed by atoms with Crippen LogP contribution in [0.1, 0.15) is 1.43 Å². The predicted molar refractivity (Wildman–Crippen MR) is 65.4 cm³/mol. The van der Waals surface area contributed by atoms with Crippen LogP contribution in [0.5, 0.6) is 0 Å². The van der Waals surface area contributed by atoms with Crippen LogP contribution in [0.15, 0.2) is 0 Å². The van der Waals surface area contributed by atoms with E-state index in [-0.39, 0.29) is 1.43 Å². The second-order valence-corrected chi connectivity index (χ2v) is 6.62. The Morgan fingerprint density at radius 2 is 1.47 bits per heavy atom. The molecule has 0 radical (unpaired) electrons. The molecule has 2 aliphatic rings. The van der Waals surface area contributed by atoms with Gasteiger partial charge in [0.1, 0.15) is 0 Å². The number of hydrogen-bond donors (Lipinski definition) is 2. The number of nitrogens with one attached hydrogen (secondary N) is 2. The molecule has 0 bridgehead atoms. The molecule has 2 fully saturated rings. The Labute approximate surface area is 101 Å². The first kappa shape index (κ1) is 11.8. The van der Waals surface area contributed by atoms with Crippen molar-refractivity contribution >= 4 is 15.2 Å². The van der Waals surface area contributed by atoms with E-state index in [0.717, 1.165) is 22.9 Å². The number of nitrogens with zero attached hydrogens (tertiary/aromatic N) is 2. The fraction of sp³-hybridized carbons (Fsp3) is 1.00. The number of likely N-dealkylation sites (N-methyl/N-ethyl adjacent to an activating group) is 2. The monoisotopic (exact) mass is 226 g/mol. The zero-order chi connectivity index (χ0) is 10.7. The minimum atomic E-state index is 0. The van der Waals surface area contributed by atoms with Crippen molar-refractivity contribution in [1.29, 1.82) is 0 Å². The van der Waals surface area contributed by atoms with Gasteiger partial charge in [-0.15, -0.1) is 0 Å². The van der Waals surface area contributed by atoms with Crippen LogP contribution in [-0.2, 0) is 0 Å². The minimum Gasteiger partial charge on any atom is -1.00 e. The SMILES string of the molecule is CN1CCNC[CH]1[Al+][CH]1CNCCN1C.[H-]. The molecule has 0 aliphatic carbocycles. The average molecular weight is 226 g/mol. The third-order valence-corrected chi connectivity index (χ3v) is 5.94. The first-order valence-electron chi connectivity index (χ1n) is 5.94. The van der Waals surface area contributed by atoms with Crippen LogP contribution in [0.25, 0.3) is 0 Å². The summed E-state index contributed by atoms with van der Waals surface area (Å²) < 4.78 is 0. The van der Waals surface area contributed by atoms with Crippen LogP contribution in [0.2, 0.25) is 0 Å². The van der Waals surface area contributed by atoms with Gasteiger partial charge < -0.3 is 1.43 Å². The van der Waals surface area contributed by atoms with Gasteiger partial charge in [-0.1, -0.05) is 0 Å². The smallest absolute Gasteiger partial charge is 1.00 e. The molecule has 0 saturated carbocycles. The van der Waals surface area contributed by atoms with Gasteiger partial charge in [-0.05, 0) is 0 Å². The van der Waals surface area contributed by atoms with Crippen molar-refractivity contribution in [2.24, 2.45) is 0 Å². The molecule has 2 heterocycles. The molecule has 0 aromatic rings. The van der Waals surface area contributed by atoms with Gasteiger partial charge >= 0.3 is 98.8 Å². The zero-order valence-corrected chi connectivity index (χ0v) is 11.0. The number of piperazine rings is 2. The molecule has 5 heteroatoms. The number of hydrogen-bond acceptors (Lipinski definition) is 4. The average Bonchev–Trinajstić information content (AvgIpc) is 2.24. The van der Waals surface area contributed by atoms with E-state index in [1.54, 1.807) is 0 Å². The van der Waals surface area contributed by atoms with Crippen LogP contribution in [0.3, 0.4) is 0 Å². The molecule has 4 nitrogen and oxygen atoms in total. The first-order chi connectivity index (χ1) is 7.27. The van der Waals surface area contributed by atoms with Gasteiger partial charge in [-0.3, -0.25) is 0 Å². The molecule has 0 aromatic carbocycles. The molecular formula is C10H23AlN4. The summed E-state index contributed by atoms with van der Waals surface area (Å²) in [6.07, 6.45) is 0. The van der Waals surface area contributed by atoms with E-state index in [1.807, 2.05) is 0 Å². The summed E-state index contributed by atoms with van der Waals surface area (Å²) in [5, 5.41) is 7.02.